The van der Waals surface area contributed by atoms with Gasteiger partial charge in [-0.15, -0.1) is 12.4 Å². The molecular weight excluding hydrogens is 366 g/mol. The van der Waals surface area contributed by atoms with Crippen molar-refractivity contribution >= 4 is 24.2 Å². The lowest BCUT2D eigenvalue weighted by Gasteiger charge is -2.37. The summed E-state index contributed by atoms with van der Waals surface area (Å²) in [7, 11) is 0. The standard InChI is InChI=1S/C20H29N3O3.ClH/c1-15-11-16(2)13-18(12-15)26-14-19(24)22-7-9-23(10-8-22)20(25)17-3-5-21-6-4-17;/h11-13,17,21H,3-10,14H2,1-2H3;1H. The van der Waals surface area contributed by atoms with Crippen molar-refractivity contribution < 1.29 is 14.3 Å². The van der Waals surface area contributed by atoms with Crippen LogP contribution >= 0.6 is 12.4 Å². The van der Waals surface area contributed by atoms with Crippen LogP contribution < -0.4 is 10.1 Å². The van der Waals surface area contributed by atoms with E-state index in [1.807, 2.05) is 30.9 Å². The second-order valence-electron chi connectivity index (χ2n) is 7.34. The Morgan fingerprint density at radius 2 is 1.56 bits per heavy atom. The monoisotopic (exact) mass is 395 g/mol. The zero-order valence-corrected chi connectivity index (χ0v) is 17.0. The van der Waals surface area contributed by atoms with Crippen LogP contribution in [0.2, 0.25) is 0 Å². The number of nitrogens with zero attached hydrogens (tertiary/aromatic N) is 2. The third-order valence-electron chi connectivity index (χ3n) is 5.19. The van der Waals surface area contributed by atoms with Gasteiger partial charge in [-0.2, -0.15) is 0 Å². The number of hydrogen-bond acceptors (Lipinski definition) is 4. The molecule has 0 aliphatic carbocycles. The van der Waals surface area contributed by atoms with Crippen LogP contribution in [-0.4, -0.2) is 67.5 Å². The summed E-state index contributed by atoms with van der Waals surface area (Å²) in [6.45, 7) is 8.34. The number of aryl methyl sites for hydroxylation is 2. The maximum Gasteiger partial charge on any atom is 0.260 e. The first-order chi connectivity index (χ1) is 12.5. The zero-order valence-electron chi connectivity index (χ0n) is 16.2. The molecule has 1 aromatic rings. The van der Waals surface area contributed by atoms with E-state index in [-0.39, 0.29) is 36.7 Å². The smallest absolute Gasteiger partial charge is 0.260 e. The fourth-order valence-corrected chi connectivity index (χ4v) is 3.76. The largest absolute Gasteiger partial charge is 0.484 e. The summed E-state index contributed by atoms with van der Waals surface area (Å²) in [5.41, 5.74) is 2.25. The predicted molar refractivity (Wildman–Crippen MR) is 107 cm³/mol. The van der Waals surface area contributed by atoms with Gasteiger partial charge < -0.3 is 19.9 Å². The highest BCUT2D eigenvalue weighted by Crippen LogP contribution is 2.18. The van der Waals surface area contributed by atoms with E-state index in [0.29, 0.717) is 26.2 Å². The topological polar surface area (TPSA) is 61.9 Å². The Bertz CT molecular complexity index is 634. The number of ether oxygens (including phenoxy) is 1. The summed E-state index contributed by atoms with van der Waals surface area (Å²) in [6, 6.07) is 5.96. The summed E-state index contributed by atoms with van der Waals surface area (Å²) >= 11 is 0. The third kappa shape index (κ3) is 5.84. The summed E-state index contributed by atoms with van der Waals surface area (Å²) in [5.74, 6) is 1.12. The van der Waals surface area contributed by atoms with Crippen LogP contribution in [0.25, 0.3) is 0 Å². The first-order valence-electron chi connectivity index (χ1n) is 9.51. The molecule has 2 amide bonds. The molecule has 3 rings (SSSR count). The van der Waals surface area contributed by atoms with Crippen molar-refractivity contribution in [3.8, 4) is 5.75 Å². The Balaban J connectivity index is 0.00000261. The van der Waals surface area contributed by atoms with E-state index >= 15 is 0 Å². The van der Waals surface area contributed by atoms with Crippen LogP contribution in [0.3, 0.4) is 0 Å². The van der Waals surface area contributed by atoms with Crippen molar-refractivity contribution in [3.63, 3.8) is 0 Å². The minimum Gasteiger partial charge on any atom is -0.484 e. The molecule has 0 radical (unpaired) electrons. The van der Waals surface area contributed by atoms with E-state index in [4.69, 9.17) is 4.74 Å². The Hall–Kier alpha value is -1.79. The normalized spacial score (nSPS) is 18.0. The maximum absolute atomic E-state index is 12.6. The number of rotatable bonds is 4. The molecule has 0 atom stereocenters. The molecule has 1 aromatic carbocycles. The second kappa shape index (κ2) is 9.95. The number of amides is 2. The molecule has 6 nitrogen and oxygen atoms in total. The van der Waals surface area contributed by atoms with Gasteiger partial charge in [0, 0.05) is 32.1 Å². The average Bonchev–Trinajstić information content (AvgIpc) is 2.65. The van der Waals surface area contributed by atoms with Crippen molar-refractivity contribution in [3.05, 3.63) is 29.3 Å². The van der Waals surface area contributed by atoms with Gasteiger partial charge in [0.2, 0.25) is 5.91 Å². The van der Waals surface area contributed by atoms with Gasteiger partial charge >= 0.3 is 0 Å². The van der Waals surface area contributed by atoms with Crippen LogP contribution in [0.15, 0.2) is 18.2 Å². The minimum absolute atomic E-state index is 0. The van der Waals surface area contributed by atoms with Crippen LogP contribution in [-0.2, 0) is 9.59 Å². The fraction of sp³-hybridized carbons (Fsp3) is 0.600. The van der Waals surface area contributed by atoms with Gasteiger partial charge in [-0.3, -0.25) is 9.59 Å². The Morgan fingerprint density at radius 3 is 2.15 bits per heavy atom. The first-order valence-corrected chi connectivity index (χ1v) is 9.51. The first kappa shape index (κ1) is 21.5. The molecule has 2 saturated heterocycles. The number of nitrogens with one attached hydrogen (secondary N) is 1. The van der Waals surface area contributed by atoms with Crippen molar-refractivity contribution in [1.29, 1.82) is 0 Å². The van der Waals surface area contributed by atoms with Gasteiger partial charge in [-0.05, 0) is 63.0 Å². The van der Waals surface area contributed by atoms with Gasteiger partial charge in [-0.1, -0.05) is 6.07 Å². The highest BCUT2D eigenvalue weighted by Gasteiger charge is 2.29. The molecule has 2 heterocycles. The Morgan fingerprint density at radius 1 is 1.00 bits per heavy atom. The number of halogens is 1. The molecule has 7 heteroatoms. The molecule has 0 saturated carbocycles. The molecule has 2 fully saturated rings. The molecule has 0 spiro atoms. The Labute approximate surface area is 167 Å². The van der Waals surface area contributed by atoms with Crippen molar-refractivity contribution in [2.45, 2.75) is 26.7 Å². The van der Waals surface area contributed by atoms with Crippen LogP contribution in [0.1, 0.15) is 24.0 Å². The SMILES string of the molecule is Cc1cc(C)cc(OCC(=O)N2CCN(C(=O)C3CCNCC3)CC2)c1.Cl. The number of benzene rings is 1. The van der Waals surface area contributed by atoms with Gasteiger partial charge in [0.25, 0.3) is 5.91 Å². The quantitative estimate of drug-likeness (QED) is 0.844. The minimum atomic E-state index is -0.0156. The lowest BCUT2D eigenvalue weighted by atomic mass is 9.96. The van der Waals surface area contributed by atoms with E-state index < -0.39 is 0 Å². The van der Waals surface area contributed by atoms with E-state index in [2.05, 4.69) is 11.4 Å². The summed E-state index contributed by atoms with van der Waals surface area (Å²) < 4.78 is 5.67. The number of carbonyl (C=O) groups excluding carboxylic acids is 2. The number of hydrogen-bond donors (Lipinski definition) is 1. The number of piperazine rings is 1. The number of piperidine rings is 1. The summed E-state index contributed by atoms with van der Waals surface area (Å²) in [6.07, 6.45) is 1.84. The fourth-order valence-electron chi connectivity index (χ4n) is 3.76. The van der Waals surface area contributed by atoms with Crippen LogP contribution in [0, 0.1) is 19.8 Å². The van der Waals surface area contributed by atoms with E-state index in [1.165, 1.54) is 0 Å². The van der Waals surface area contributed by atoms with E-state index in [9.17, 15) is 9.59 Å². The molecule has 2 aliphatic rings. The average molecular weight is 396 g/mol. The van der Waals surface area contributed by atoms with Gasteiger partial charge in [0.05, 0.1) is 0 Å². The maximum atomic E-state index is 12.6. The second-order valence-corrected chi connectivity index (χ2v) is 7.34. The number of carbonyl (C=O) groups is 2. The molecule has 0 bridgehead atoms. The lowest BCUT2D eigenvalue weighted by molar-refractivity contribution is -0.143. The van der Waals surface area contributed by atoms with Crippen LogP contribution in [0.4, 0.5) is 0 Å². The van der Waals surface area contributed by atoms with Crippen molar-refractivity contribution in [2.24, 2.45) is 5.92 Å². The highest BCUT2D eigenvalue weighted by atomic mass is 35.5. The molecule has 27 heavy (non-hydrogen) atoms. The zero-order chi connectivity index (χ0) is 18.5. The van der Waals surface area contributed by atoms with Crippen LogP contribution in [0.5, 0.6) is 5.75 Å². The predicted octanol–water partition coefficient (Wildman–Crippen LogP) is 1.77. The van der Waals surface area contributed by atoms with Gasteiger partial charge in [0.1, 0.15) is 5.75 Å². The molecule has 150 valence electrons. The van der Waals surface area contributed by atoms with Gasteiger partial charge in [0.15, 0.2) is 6.61 Å². The molecular formula is C20H30ClN3O3. The summed E-state index contributed by atoms with van der Waals surface area (Å²) in [4.78, 5) is 28.7. The van der Waals surface area contributed by atoms with Crippen molar-refractivity contribution in [2.75, 3.05) is 45.9 Å². The third-order valence-corrected chi connectivity index (χ3v) is 5.19. The molecule has 2 aliphatic heterocycles. The Kier molecular flexibility index (Phi) is 7.92. The van der Waals surface area contributed by atoms with Gasteiger partial charge in [-0.25, -0.2) is 0 Å². The van der Waals surface area contributed by atoms with E-state index in [1.54, 1.807) is 4.90 Å². The molecule has 0 unspecified atom stereocenters. The highest BCUT2D eigenvalue weighted by molar-refractivity contribution is 5.85. The summed E-state index contributed by atoms with van der Waals surface area (Å²) in [5, 5.41) is 3.29. The molecule has 0 aromatic heterocycles. The molecule has 1 N–H and O–H groups in total. The van der Waals surface area contributed by atoms with E-state index in [0.717, 1.165) is 42.8 Å². The lowest BCUT2D eigenvalue weighted by Crippen LogP contribution is -2.53. The van der Waals surface area contributed by atoms with Crippen molar-refractivity contribution in [1.82, 2.24) is 15.1 Å².